The lowest BCUT2D eigenvalue weighted by Crippen LogP contribution is -2.41. The van der Waals surface area contributed by atoms with Gasteiger partial charge in [0.25, 0.3) is 0 Å². The van der Waals surface area contributed by atoms with Crippen LogP contribution in [0.4, 0.5) is 5.95 Å². The van der Waals surface area contributed by atoms with Crippen molar-refractivity contribution in [2.24, 2.45) is 0 Å². The molecule has 1 aromatic rings. The fraction of sp³-hybridized carbons (Fsp3) is 0.750. The molecule has 0 spiro atoms. The van der Waals surface area contributed by atoms with E-state index in [1.807, 2.05) is 13.0 Å². The molecule has 0 aromatic carbocycles. The van der Waals surface area contributed by atoms with Crippen molar-refractivity contribution in [3.63, 3.8) is 0 Å². The van der Waals surface area contributed by atoms with Crippen LogP contribution in [-0.2, 0) is 0 Å². The van der Waals surface area contributed by atoms with Crippen molar-refractivity contribution in [3.8, 4) is 5.88 Å². The summed E-state index contributed by atoms with van der Waals surface area (Å²) < 4.78 is 5.68. The van der Waals surface area contributed by atoms with E-state index in [0.717, 1.165) is 31.2 Å². The Balaban J connectivity index is 2.09. The quantitative estimate of drug-likeness (QED) is 0.837. The Morgan fingerprint density at radius 3 is 2.95 bits per heavy atom. The van der Waals surface area contributed by atoms with Crippen LogP contribution >= 0.6 is 0 Å². The van der Waals surface area contributed by atoms with E-state index in [-0.39, 0.29) is 0 Å². The molecule has 1 fully saturated rings. The first-order valence-electron chi connectivity index (χ1n) is 8.08. The van der Waals surface area contributed by atoms with Gasteiger partial charge in [0.2, 0.25) is 11.8 Å². The Hall–Kier alpha value is -1.36. The number of aryl methyl sites for hydroxylation is 1. The maximum atomic E-state index is 5.68. The molecule has 2 rings (SSSR count). The van der Waals surface area contributed by atoms with Gasteiger partial charge in [-0.15, -0.1) is 0 Å². The van der Waals surface area contributed by atoms with Crippen LogP contribution in [-0.4, -0.2) is 41.7 Å². The van der Waals surface area contributed by atoms with Crippen molar-refractivity contribution in [1.82, 2.24) is 15.3 Å². The van der Waals surface area contributed by atoms with Crippen LogP contribution in [0.3, 0.4) is 0 Å². The predicted molar refractivity (Wildman–Crippen MR) is 86.1 cm³/mol. The second-order valence-corrected chi connectivity index (χ2v) is 6.05. The molecule has 1 N–H and O–H groups in total. The lowest BCUT2D eigenvalue weighted by molar-refractivity contribution is 0.304. The normalized spacial score (nSPS) is 18.5. The first-order chi connectivity index (χ1) is 10.1. The van der Waals surface area contributed by atoms with E-state index in [4.69, 9.17) is 4.74 Å². The highest BCUT2D eigenvalue weighted by molar-refractivity contribution is 5.37. The highest BCUT2D eigenvalue weighted by Gasteiger charge is 2.27. The van der Waals surface area contributed by atoms with Crippen LogP contribution in [0.2, 0.25) is 0 Å². The number of nitrogens with zero attached hydrogens (tertiary/aromatic N) is 3. The van der Waals surface area contributed by atoms with E-state index in [9.17, 15) is 0 Å². The third kappa shape index (κ3) is 4.56. The molecule has 1 unspecified atom stereocenters. The molecule has 0 radical (unpaired) electrons. The van der Waals surface area contributed by atoms with Gasteiger partial charge in [-0.05, 0) is 26.2 Å². The third-order valence-corrected chi connectivity index (χ3v) is 3.67. The maximum absolute atomic E-state index is 5.68. The maximum Gasteiger partial charge on any atom is 0.229 e. The lowest BCUT2D eigenvalue weighted by atomic mass is 10.2. The van der Waals surface area contributed by atoms with Gasteiger partial charge in [-0.2, -0.15) is 4.98 Å². The summed E-state index contributed by atoms with van der Waals surface area (Å²) in [6, 6.07) is 2.90. The summed E-state index contributed by atoms with van der Waals surface area (Å²) in [5, 5.41) is 3.52. The Labute approximate surface area is 128 Å². The second-order valence-electron chi connectivity index (χ2n) is 6.05. The molecule has 5 nitrogen and oxygen atoms in total. The van der Waals surface area contributed by atoms with Gasteiger partial charge in [0.1, 0.15) is 0 Å². The van der Waals surface area contributed by atoms with Crippen molar-refractivity contribution in [1.29, 1.82) is 0 Å². The molecular formula is C16H28N4O. The molecule has 1 aliphatic heterocycles. The zero-order valence-corrected chi connectivity index (χ0v) is 13.7. The molecule has 0 amide bonds. The van der Waals surface area contributed by atoms with Crippen LogP contribution in [0.1, 0.15) is 45.7 Å². The van der Waals surface area contributed by atoms with Gasteiger partial charge < -0.3 is 15.0 Å². The standard InChI is InChI=1S/C16H28N4O/c1-5-9-21-15-10-13(4)18-16(19-15)20-8-6-7-14(20)11-17-12(2)3/h10,12,14,17H,5-9,11H2,1-4H3. The number of aromatic nitrogens is 2. The van der Waals surface area contributed by atoms with Crippen LogP contribution in [0, 0.1) is 6.92 Å². The zero-order valence-electron chi connectivity index (χ0n) is 13.7. The molecule has 1 aliphatic rings. The smallest absolute Gasteiger partial charge is 0.229 e. The summed E-state index contributed by atoms with van der Waals surface area (Å²) in [5.74, 6) is 1.51. The highest BCUT2D eigenvalue weighted by atomic mass is 16.5. The van der Waals surface area contributed by atoms with E-state index in [2.05, 4.69) is 41.0 Å². The Bertz CT molecular complexity index is 450. The van der Waals surface area contributed by atoms with Crippen LogP contribution in [0.15, 0.2) is 6.07 Å². The SMILES string of the molecule is CCCOc1cc(C)nc(N2CCCC2CNC(C)C)n1. The predicted octanol–water partition coefficient (Wildman–Crippen LogP) is 2.54. The number of rotatable bonds is 7. The minimum absolute atomic E-state index is 0.480. The van der Waals surface area contributed by atoms with Crippen molar-refractivity contribution in [3.05, 3.63) is 11.8 Å². The number of hydrogen-bond acceptors (Lipinski definition) is 5. The van der Waals surface area contributed by atoms with E-state index in [1.165, 1.54) is 12.8 Å². The molecule has 2 heterocycles. The van der Waals surface area contributed by atoms with Gasteiger partial charge in [0.15, 0.2) is 0 Å². The fourth-order valence-corrected chi connectivity index (χ4v) is 2.62. The summed E-state index contributed by atoms with van der Waals surface area (Å²) in [6.45, 7) is 11.2. The zero-order chi connectivity index (χ0) is 15.2. The number of hydrogen-bond donors (Lipinski definition) is 1. The summed E-state index contributed by atoms with van der Waals surface area (Å²) in [6.07, 6.45) is 3.39. The summed E-state index contributed by atoms with van der Waals surface area (Å²) in [7, 11) is 0. The van der Waals surface area contributed by atoms with E-state index in [0.29, 0.717) is 24.6 Å². The molecule has 0 aliphatic carbocycles. The average Bonchev–Trinajstić information content (AvgIpc) is 2.90. The first-order valence-corrected chi connectivity index (χ1v) is 8.08. The van der Waals surface area contributed by atoms with Crippen molar-refractivity contribution in [2.75, 3.05) is 24.6 Å². The number of ether oxygens (including phenoxy) is 1. The summed E-state index contributed by atoms with van der Waals surface area (Å²) in [5.41, 5.74) is 0.966. The van der Waals surface area contributed by atoms with Gasteiger partial charge >= 0.3 is 0 Å². The number of nitrogens with one attached hydrogen (secondary N) is 1. The van der Waals surface area contributed by atoms with E-state index >= 15 is 0 Å². The molecular weight excluding hydrogens is 264 g/mol. The van der Waals surface area contributed by atoms with Crippen molar-refractivity contribution in [2.45, 2.75) is 59.0 Å². The first kappa shape index (κ1) is 16.0. The van der Waals surface area contributed by atoms with Crippen LogP contribution in [0.5, 0.6) is 5.88 Å². The van der Waals surface area contributed by atoms with Crippen molar-refractivity contribution < 1.29 is 4.74 Å². The lowest BCUT2D eigenvalue weighted by Gasteiger charge is -2.26. The van der Waals surface area contributed by atoms with Crippen molar-refractivity contribution >= 4 is 5.95 Å². The van der Waals surface area contributed by atoms with E-state index in [1.54, 1.807) is 0 Å². The Morgan fingerprint density at radius 1 is 1.43 bits per heavy atom. The molecule has 1 saturated heterocycles. The molecule has 1 atom stereocenters. The average molecular weight is 292 g/mol. The topological polar surface area (TPSA) is 50.3 Å². The minimum Gasteiger partial charge on any atom is -0.478 e. The van der Waals surface area contributed by atoms with Gasteiger partial charge in [0, 0.05) is 36.9 Å². The molecule has 1 aromatic heterocycles. The Morgan fingerprint density at radius 2 is 2.24 bits per heavy atom. The second kappa shape index (κ2) is 7.59. The molecule has 0 bridgehead atoms. The van der Waals surface area contributed by atoms with E-state index < -0.39 is 0 Å². The summed E-state index contributed by atoms with van der Waals surface area (Å²) in [4.78, 5) is 11.5. The molecule has 0 saturated carbocycles. The monoisotopic (exact) mass is 292 g/mol. The summed E-state index contributed by atoms with van der Waals surface area (Å²) >= 11 is 0. The molecule has 21 heavy (non-hydrogen) atoms. The van der Waals surface area contributed by atoms with Gasteiger partial charge in [-0.3, -0.25) is 0 Å². The van der Waals surface area contributed by atoms with Gasteiger partial charge in [0.05, 0.1) is 6.61 Å². The van der Waals surface area contributed by atoms with Crippen LogP contribution in [0.25, 0.3) is 0 Å². The minimum atomic E-state index is 0.480. The third-order valence-electron chi connectivity index (χ3n) is 3.67. The number of anilines is 1. The van der Waals surface area contributed by atoms with Gasteiger partial charge in [-0.1, -0.05) is 20.8 Å². The molecule has 118 valence electrons. The fourth-order valence-electron chi connectivity index (χ4n) is 2.62. The Kier molecular flexibility index (Phi) is 5.79. The highest BCUT2D eigenvalue weighted by Crippen LogP contribution is 2.24. The molecule has 5 heteroatoms. The van der Waals surface area contributed by atoms with Gasteiger partial charge in [-0.25, -0.2) is 4.98 Å². The largest absolute Gasteiger partial charge is 0.478 e. The van der Waals surface area contributed by atoms with Crippen LogP contribution < -0.4 is 15.0 Å².